The minimum Gasteiger partial charge on any atom is -0.426 e. The Kier molecular flexibility index (Phi) is 4.78. The molecule has 0 saturated carbocycles. The van der Waals surface area contributed by atoms with Crippen molar-refractivity contribution in [1.82, 2.24) is 14.7 Å². The summed E-state index contributed by atoms with van der Waals surface area (Å²) in [4.78, 5) is 18.8. The Labute approximate surface area is 172 Å². The van der Waals surface area contributed by atoms with Crippen LogP contribution in [0.15, 0.2) is 70.1 Å². The SMILES string of the molecule is O=c1cc(-c2c(-c3ccc(Br)cc3)nc(-c3c(F)cccc3Cl)n2O)cc[nH]1. The van der Waals surface area contributed by atoms with E-state index in [1.807, 2.05) is 12.1 Å². The number of halogens is 3. The van der Waals surface area contributed by atoms with E-state index in [1.54, 1.807) is 18.2 Å². The molecule has 2 N–H and O–H groups in total. The predicted octanol–water partition coefficient (Wildman–Crippen LogP) is 5.36. The second-order valence-electron chi connectivity index (χ2n) is 5.99. The Hall–Kier alpha value is -2.90. The van der Waals surface area contributed by atoms with Crippen molar-refractivity contribution < 1.29 is 9.60 Å². The lowest BCUT2D eigenvalue weighted by molar-refractivity contribution is 0.195. The van der Waals surface area contributed by atoms with Crippen LogP contribution in [-0.2, 0) is 0 Å². The fourth-order valence-corrected chi connectivity index (χ4v) is 3.46. The molecule has 5 nitrogen and oxygen atoms in total. The normalized spacial score (nSPS) is 11.0. The van der Waals surface area contributed by atoms with E-state index in [-0.39, 0.29) is 27.7 Å². The number of nitrogens with zero attached hydrogens (tertiary/aromatic N) is 2. The van der Waals surface area contributed by atoms with Crippen LogP contribution in [0.1, 0.15) is 0 Å². The Balaban J connectivity index is 2.05. The number of nitrogens with one attached hydrogen (secondary N) is 1. The topological polar surface area (TPSA) is 70.9 Å². The molecular formula is C20H12BrClFN3O2. The molecule has 0 unspecified atom stereocenters. The van der Waals surface area contributed by atoms with Crippen molar-refractivity contribution in [1.29, 1.82) is 0 Å². The van der Waals surface area contributed by atoms with E-state index in [9.17, 15) is 14.4 Å². The number of H-pyrrole nitrogens is 1. The maximum atomic E-state index is 14.5. The van der Waals surface area contributed by atoms with Crippen molar-refractivity contribution in [2.24, 2.45) is 0 Å². The highest BCUT2D eigenvalue weighted by molar-refractivity contribution is 9.10. The van der Waals surface area contributed by atoms with Gasteiger partial charge >= 0.3 is 0 Å². The van der Waals surface area contributed by atoms with Gasteiger partial charge in [-0.25, -0.2) is 9.37 Å². The van der Waals surface area contributed by atoms with Crippen molar-refractivity contribution in [3.8, 4) is 33.9 Å². The van der Waals surface area contributed by atoms with Crippen molar-refractivity contribution in [3.05, 3.63) is 86.5 Å². The number of benzene rings is 2. The molecule has 2 aromatic carbocycles. The molecule has 0 aliphatic rings. The summed E-state index contributed by atoms with van der Waals surface area (Å²) in [7, 11) is 0. The Bertz CT molecular complexity index is 1210. The molecular weight excluding hydrogens is 449 g/mol. The molecule has 140 valence electrons. The van der Waals surface area contributed by atoms with Crippen LogP contribution in [0.5, 0.6) is 0 Å². The van der Waals surface area contributed by atoms with Crippen LogP contribution in [0.2, 0.25) is 5.02 Å². The highest BCUT2D eigenvalue weighted by Gasteiger charge is 2.24. The molecule has 0 atom stereocenters. The van der Waals surface area contributed by atoms with Gasteiger partial charge in [0.2, 0.25) is 5.56 Å². The van der Waals surface area contributed by atoms with Gasteiger partial charge in [0.1, 0.15) is 17.2 Å². The van der Waals surface area contributed by atoms with Gasteiger partial charge in [0.25, 0.3) is 0 Å². The molecule has 0 amide bonds. The largest absolute Gasteiger partial charge is 0.426 e. The van der Waals surface area contributed by atoms with Gasteiger partial charge in [0, 0.05) is 27.9 Å². The number of imidazole rings is 1. The summed E-state index contributed by atoms with van der Waals surface area (Å²) in [6.45, 7) is 0. The first-order valence-electron chi connectivity index (χ1n) is 8.17. The third kappa shape index (κ3) is 3.23. The zero-order chi connectivity index (χ0) is 19.8. The van der Waals surface area contributed by atoms with Gasteiger partial charge < -0.3 is 10.2 Å². The van der Waals surface area contributed by atoms with Gasteiger partial charge in [-0.15, -0.1) is 0 Å². The van der Waals surface area contributed by atoms with E-state index >= 15 is 0 Å². The van der Waals surface area contributed by atoms with E-state index in [4.69, 9.17) is 11.6 Å². The van der Waals surface area contributed by atoms with Crippen LogP contribution < -0.4 is 5.56 Å². The van der Waals surface area contributed by atoms with E-state index in [0.29, 0.717) is 16.8 Å². The summed E-state index contributed by atoms with van der Waals surface area (Å²) < 4.78 is 16.1. The van der Waals surface area contributed by atoms with Crippen molar-refractivity contribution in [3.63, 3.8) is 0 Å². The molecule has 0 fully saturated rings. The smallest absolute Gasteiger partial charge is 0.248 e. The van der Waals surface area contributed by atoms with E-state index in [1.165, 1.54) is 30.5 Å². The first-order valence-corrected chi connectivity index (χ1v) is 9.34. The van der Waals surface area contributed by atoms with Crippen LogP contribution in [0.25, 0.3) is 33.9 Å². The molecule has 0 saturated heterocycles. The lowest BCUT2D eigenvalue weighted by Crippen LogP contribution is -2.05. The van der Waals surface area contributed by atoms with Gasteiger partial charge in [-0.3, -0.25) is 4.79 Å². The van der Waals surface area contributed by atoms with E-state index in [0.717, 1.165) is 9.20 Å². The molecule has 4 rings (SSSR count). The van der Waals surface area contributed by atoms with Crippen LogP contribution >= 0.6 is 27.5 Å². The maximum Gasteiger partial charge on any atom is 0.248 e. The number of pyridine rings is 1. The van der Waals surface area contributed by atoms with Crippen molar-refractivity contribution >= 4 is 27.5 Å². The second-order valence-corrected chi connectivity index (χ2v) is 7.31. The highest BCUT2D eigenvalue weighted by Crippen LogP contribution is 2.38. The molecule has 0 aliphatic carbocycles. The van der Waals surface area contributed by atoms with Gasteiger partial charge in [-0.05, 0) is 30.3 Å². The zero-order valence-corrected chi connectivity index (χ0v) is 16.5. The number of hydrogen-bond acceptors (Lipinski definition) is 3. The third-order valence-corrected chi connectivity index (χ3v) is 5.05. The molecule has 0 spiro atoms. The first-order chi connectivity index (χ1) is 13.5. The van der Waals surface area contributed by atoms with Crippen LogP contribution in [0, 0.1) is 5.82 Å². The average Bonchev–Trinajstić information content (AvgIpc) is 2.99. The van der Waals surface area contributed by atoms with Crippen molar-refractivity contribution in [2.75, 3.05) is 0 Å². The number of aromatic amines is 1. The monoisotopic (exact) mass is 459 g/mol. The number of rotatable bonds is 3. The Morgan fingerprint density at radius 1 is 1.11 bits per heavy atom. The predicted molar refractivity (Wildman–Crippen MR) is 109 cm³/mol. The second kappa shape index (κ2) is 7.26. The molecule has 0 bridgehead atoms. The van der Waals surface area contributed by atoms with Crippen molar-refractivity contribution in [2.45, 2.75) is 0 Å². The summed E-state index contributed by atoms with van der Waals surface area (Å²) in [5, 5.41) is 11.0. The fraction of sp³-hybridized carbons (Fsp3) is 0. The molecule has 4 aromatic rings. The first kappa shape index (κ1) is 18.5. The summed E-state index contributed by atoms with van der Waals surface area (Å²) in [5.74, 6) is -0.677. The lowest BCUT2D eigenvalue weighted by Gasteiger charge is -2.07. The van der Waals surface area contributed by atoms with Crippen LogP contribution in [0.3, 0.4) is 0 Å². The minimum absolute atomic E-state index is 0.0267. The van der Waals surface area contributed by atoms with E-state index in [2.05, 4.69) is 25.9 Å². The summed E-state index contributed by atoms with van der Waals surface area (Å²) in [5.41, 5.74) is 1.38. The maximum absolute atomic E-state index is 14.5. The Morgan fingerprint density at radius 3 is 2.54 bits per heavy atom. The third-order valence-electron chi connectivity index (χ3n) is 4.21. The standard InChI is InChI=1S/C20H12BrClFN3O2/c21-13-6-4-11(5-7-13)18-19(12-8-9-24-16(27)10-12)26(28)20(25-18)17-14(22)2-1-3-15(17)23/h1-10,28H,(H,24,27). The molecule has 0 aliphatic heterocycles. The quantitative estimate of drug-likeness (QED) is 0.404. The van der Waals surface area contributed by atoms with Crippen LogP contribution in [0.4, 0.5) is 4.39 Å². The number of hydrogen-bond donors (Lipinski definition) is 2. The highest BCUT2D eigenvalue weighted by atomic mass is 79.9. The summed E-state index contributed by atoms with van der Waals surface area (Å²) in [6.07, 6.45) is 1.46. The van der Waals surface area contributed by atoms with Crippen LogP contribution in [-0.4, -0.2) is 19.9 Å². The molecule has 2 aromatic heterocycles. The summed E-state index contributed by atoms with van der Waals surface area (Å²) in [6, 6.07) is 14.4. The fourth-order valence-electron chi connectivity index (χ4n) is 2.95. The van der Waals surface area contributed by atoms with Gasteiger partial charge in [-0.1, -0.05) is 45.7 Å². The van der Waals surface area contributed by atoms with Gasteiger partial charge in [0.15, 0.2) is 5.82 Å². The average molecular weight is 461 g/mol. The lowest BCUT2D eigenvalue weighted by atomic mass is 10.1. The molecule has 0 radical (unpaired) electrons. The molecule has 2 heterocycles. The minimum atomic E-state index is -0.618. The van der Waals surface area contributed by atoms with Gasteiger partial charge in [-0.2, -0.15) is 4.73 Å². The van der Waals surface area contributed by atoms with E-state index < -0.39 is 5.82 Å². The number of aromatic nitrogens is 3. The Morgan fingerprint density at radius 2 is 1.86 bits per heavy atom. The summed E-state index contributed by atoms with van der Waals surface area (Å²) >= 11 is 9.55. The molecule has 8 heteroatoms. The zero-order valence-electron chi connectivity index (χ0n) is 14.2. The van der Waals surface area contributed by atoms with Gasteiger partial charge in [0.05, 0.1) is 10.6 Å². The molecule has 28 heavy (non-hydrogen) atoms.